The van der Waals surface area contributed by atoms with Crippen molar-refractivity contribution in [3.63, 3.8) is 0 Å². The van der Waals surface area contributed by atoms with Gasteiger partial charge in [0.2, 0.25) is 0 Å². The Labute approximate surface area is 116 Å². The second kappa shape index (κ2) is 5.65. The van der Waals surface area contributed by atoms with Gasteiger partial charge in [-0.05, 0) is 0 Å². The van der Waals surface area contributed by atoms with E-state index in [0.29, 0.717) is 0 Å². The van der Waals surface area contributed by atoms with Gasteiger partial charge in [0.25, 0.3) is 0 Å². The van der Waals surface area contributed by atoms with Gasteiger partial charge in [-0.2, -0.15) is 0 Å². The van der Waals surface area contributed by atoms with Crippen molar-refractivity contribution in [1.29, 1.82) is 0 Å². The summed E-state index contributed by atoms with van der Waals surface area (Å²) in [6.45, 7) is 0.928. The molecule has 0 amide bonds. The quantitative estimate of drug-likeness (QED) is 0.505. The van der Waals surface area contributed by atoms with Gasteiger partial charge in [-0.15, -0.1) is 0 Å². The average Bonchev–Trinajstić information content (AvgIpc) is 2.73. The molecule has 1 N–H and O–H groups in total. The number of benzene rings is 1. The van der Waals surface area contributed by atoms with Crippen LogP contribution in [-0.4, -0.2) is 21.9 Å². The summed E-state index contributed by atoms with van der Waals surface area (Å²) in [5.74, 6) is 0. The van der Waals surface area contributed by atoms with E-state index in [0.717, 1.165) is 6.54 Å². The molecule has 0 aliphatic heterocycles. The van der Waals surface area contributed by atoms with Crippen LogP contribution in [0, 0.1) is 0 Å². The molecule has 2 rings (SSSR count). The Balaban J connectivity index is 2.42. The van der Waals surface area contributed by atoms with Crippen molar-refractivity contribution in [2.24, 2.45) is 0 Å². The number of halogens is 2. The van der Waals surface area contributed by atoms with Crippen molar-refractivity contribution in [3.05, 3.63) is 36.0 Å². The molecule has 0 saturated heterocycles. The molecule has 3 nitrogen and oxygen atoms in total. The van der Waals surface area contributed by atoms with Crippen LogP contribution < -0.4 is 22.9 Å². The number of hydrazine groups is 1. The van der Waals surface area contributed by atoms with E-state index in [1.807, 2.05) is 7.05 Å². The molecule has 2 aromatic rings. The molecule has 0 fully saturated rings. The molecule has 0 saturated carbocycles. The molecule has 0 aliphatic rings. The molecule has 0 radical (unpaired) electrons. The van der Waals surface area contributed by atoms with Gasteiger partial charge in [-0.3, -0.25) is 0 Å². The second-order valence-electron chi connectivity index (χ2n) is 3.62. The van der Waals surface area contributed by atoms with E-state index >= 15 is 0 Å². The van der Waals surface area contributed by atoms with Crippen molar-refractivity contribution in [3.8, 4) is 0 Å². The van der Waals surface area contributed by atoms with Gasteiger partial charge in [0, 0.05) is 0 Å². The van der Waals surface area contributed by atoms with Crippen molar-refractivity contribution >= 4 is 29.5 Å². The Bertz CT molecular complexity index is 481. The van der Waals surface area contributed by atoms with Gasteiger partial charge < -0.3 is 0 Å². The summed E-state index contributed by atoms with van der Waals surface area (Å²) < 4.78 is 2.37. The van der Waals surface area contributed by atoms with E-state index in [1.54, 1.807) is 0 Å². The number of hydrogen-bond acceptors (Lipinski definition) is 2. The van der Waals surface area contributed by atoms with Crippen LogP contribution in [0.25, 0.3) is 10.9 Å². The first kappa shape index (κ1) is 12.6. The zero-order chi connectivity index (χ0) is 11.5. The van der Waals surface area contributed by atoms with Gasteiger partial charge in [0.15, 0.2) is 0 Å². The fraction of sp³-hybridized carbons (Fsp3) is 0.273. The zero-order valence-corrected chi connectivity index (χ0v) is 13.6. The van der Waals surface area contributed by atoms with Crippen molar-refractivity contribution in [2.45, 2.75) is 6.54 Å². The second-order valence-corrected chi connectivity index (χ2v) is 7.47. The molecule has 5 heteroatoms. The van der Waals surface area contributed by atoms with E-state index in [2.05, 4.69) is 69.3 Å². The molecule has 16 heavy (non-hydrogen) atoms. The van der Waals surface area contributed by atoms with E-state index < -0.39 is 0 Å². The molecule has 88 valence electrons. The Morgan fingerprint density at radius 3 is 2.94 bits per heavy atom. The minimum absolute atomic E-state index is 0.0646. The maximum absolute atomic E-state index is 3.13. The third kappa shape index (κ3) is 2.52. The standard InChI is InChI=1S/C11H14I2N3/c1-14-15(2)8-9-4-3-5-11-10(9)6-7-16(11)13-12/h3-7,14H,8H2,1-2H3/q-1. The SMILES string of the molecule is CNN(C)Cc1cccc2c1ccn2[I-]I. The van der Waals surface area contributed by atoms with Crippen molar-refractivity contribution in [2.75, 3.05) is 14.1 Å². The third-order valence-corrected chi connectivity index (χ3v) is 6.50. The topological polar surface area (TPSA) is 20.2 Å². The van der Waals surface area contributed by atoms with Crippen LogP contribution in [0.4, 0.5) is 0 Å². The van der Waals surface area contributed by atoms with Crippen LogP contribution in [0.15, 0.2) is 30.5 Å². The summed E-state index contributed by atoms with van der Waals surface area (Å²) in [6, 6.07) is 8.78. The van der Waals surface area contributed by atoms with E-state index in [-0.39, 0.29) is 17.5 Å². The summed E-state index contributed by atoms with van der Waals surface area (Å²) >= 11 is 2.56. The Morgan fingerprint density at radius 2 is 2.25 bits per heavy atom. The molecular formula is C11H14I2N3-. The number of aromatic nitrogens is 1. The van der Waals surface area contributed by atoms with Crippen LogP contribution in [0.3, 0.4) is 0 Å². The fourth-order valence-electron chi connectivity index (χ4n) is 1.73. The van der Waals surface area contributed by atoms with Crippen LogP contribution in [0.5, 0.6) is 0 Å². The van der Waals surface area contributed by atoms with Gasteiger partial charge in [-0.1, -0.05) is 0 Å². The van der Waals surface area contributed by atoms with Gasteiger partial charge in [-0.25, -0.2) is 0 Å². The number of nitrogens with zero attached hydrogens (tertiary/aromatic N) is 2. The first-order chi connectivity index (χ1) is 7.76. The Hall–Kier alpha value is 0.140. The van der Waals surface area contributed by atoms with Gasteiger partial charge >= 0.3 is 117 Å². The minimum atomic E-state index is 0.0646. The molecule has 1 aromatic heterocycles. The molecule has 1 aromatic carbocycles. The van der Waals surface area contributed by atoms with Crippen LogP contribution in [0.2, 0.25) is 0 Å². The normalized spacial score (nSPS) is 11.8. The first-order valence-corrected chi connectivity index (χ1v) is 12.3. The third-order valence-electron chi connectivity index (χ3n) is 2.63. The van der Waals surface area contributed by atoms with Crippen molar-refractivity contribution < 1.29 is 17.5 Å². The Kier molecular flexibility index (Phi) is 4.45. The number of nitrogens with one attached hydrogen (secondary N) is 1. The summed E-state index contributed by atoms with van der Waals surface area (Å²) in [5, 5.41) is 3.46. The molecule has 0 spiro atoms. The predicted molar refractivity (Wildman–Crippen MR) is 71.9 cm³/mol. The van der Waals surface area contributed by atoms with Crippen LogP contribution in [-0.2, 0) is 6.54 Å². The summed E-state index contributed by atoms with van der Waals surface area (Å²) in [4.78, 5) is 0. The number of hydrogen-bond donors (Lipinski definition) is 1. The van der Waals surface area contributed by atoms with Gasteiger partial charge in [0.1, 0.15) is 0 Å². The van der Waals surface area contributed by atoms with Crippen molar-refractivity contribution in [1.82, 2.24) is 13.2 Å². The average molecular weight is 442 g/mol. The molecule has 0 bridgehead atoms. The zero-order valence-electron chi connectivity index (χ0n) is 9.24. The number of fused-ring (bicyclic) bond motifs is 1. The number of rotatable bonds is 4. The van der Waals surface area contributed by atoms with Crippen LogP contribution >= 0.6 is 18.6 Å². The molecule has 0 atom stereocenters. The first-order valence-electron chi connectivity index (χ1n) is 5.00. The molecular weight excluding hydrogens is 428 g/mol. The van der Waals surface area contributed by atoms with E-state index in [4.69, 9.17) is 0 Å². The summed E-state index contributed by atoms with van der Waals surface area (Å²) in [6.07, 6.45) is 2.20. The van der Waals surface area contributed by atoms with E-state index in [9.17, 15) is 0 Å². The Morgan fingerprint density at radius 1 is 1.44 bits per heavy atom. The van der Waals surface area contributed by atoms with Gasteiger partial charge in [0.05, 0.1) is 0 Å². The summed E-state index contributed by atoms with van der Waals surface area (Å²) in [5.41, 5.74) is 5.87. The summed E-state index contributed by atoms with van der Waals surface area (Å²) in [7, 11) is 4.00. The molecule has 1 heterocycles. The predicted octanol–water partition coefficient (Wildman–Crippen LogP) is -0.590. The monoisotopic (exact) mass is 442 g/mol. The van der Waals surface area contributed by atoms with E-state index in [1.165, 1.54) is 16.5 Å². The van der Waals surface area contributed by atoms with Crippen LogP contribution in [0.1, 0.15) is 5.56 Å². The maximum atomic E-state index is 3.13. The molecule has 0 aliphatic carbocycles. The fourth-order valence-corrected chi connectivity index (χ4v) is 4.76. The molecule has 0 unspecified atom stereocenters.